The van der Waals surface area contributed by atoms with Crippen LogP contribution in [0.5, 0.6) is 5.75 Å². The van der Waals surface area contributed by atoms with Gasteiger partial charge in [-0.05, 0) is 40.1 Å². The summed E-state index contributed by atoms with van der Waals surface area (Å²) >= 11 is 1.57. The van der Waals surface area contributed by atoms with Crippen molar-refractivity contribution in [2.24, 2.45) is 0 Å². The Morgan fingerprint density at radius 3 is 2.43 bits per heavy atom. The van der Waals surface area contributed by atoms with Gasteiger partial charge in [0.25, 0.3) is 5.91 Å². The van der Waals surface area contributed by atoms with E-state index in [1.165, 1.54) is 0 Å². The first-order valence-corrected chi connectivity index (χ1v) is 12.7. The fourth-order valence-corrected chi connectivity index (χ4v) is 4.97. The van der Waals surface area contributed by atoms with E-state index in [0.29, 0.717) is 5.75 Å². The highest BCUT2D eigenvalue weighted by atomic mass is 32.1. The van der Waals surface area contributed by atoms with Gasteiger partial charge in [-0.25, -0.2) is 9.80 Å². The van der Waals surface area contributed by atoms with E-state index >= 15 is 0 Å². The molecule has 0 aliphatic carbocycles. The number of fused-ring (bicyclic) bond motifs is 1. The minimum Gasteiger partial charge on any atom is -0.468 e. The van der Waals surface area contributed by atoms with Crippen LogP contribution in [0.1, 0.15) is 17.5 Å². The number of amides is 3. The summed E-state index contributed by atoms with van der Waals surface area (Å²) in [6, 6.07) is 25.2. The standard InChI is InChI=1S/C28H25N3O5S/c32-25-16-26(36-21-11-5-2-6-12-21)31(25)30-27(33)23(15-20-18-37-24-14-8-7-13-22(20)24)29-28(34)35-17-19-9-3-1-4-10-19/h1-14,18,23,26H,15-17H2,(H,29,34)(H,30,33)/t23-,26?/m0/s1. The van der Waals surface area contributed by atoms with E-state index in [-0.39, 0.29) is 25.4 Å². The molecular formula is C28H25N3O5S. The Morgan fingerprint density at radius 2 is 1.68 bits per heavy atom. The van der Waals surface area contributed by atoms with Crippen molar-refractivity contribution in [1.82, 2.24) is 15.8 Å². The van der Waals surface area contributed by atoms with Crippen molar-refractivity contribution >= 4 is 39.3 Å². The third kappa shape index (κ3) is 5.90. The van der Waals surface area contributed by atoms with Crippen LogP contribution in [0.15, 0.2) is 90.3 Å². The Morgan fingerprint density at radius 1 is 0.973 bits per heavy atom. The van der Waals surface area contributed by atoms with Gasteiger partial charge >= 0.3 is 6.09 Å². The minimum absolute atomic E-state index is 0.0694. The zero-order chi connectivity index (χ0) is 25.6. The molecule has 1 unspecified atom stereocenters. The van der Waals surface area contributed by atoms with Gasteiger partial charge in [0.2, 0.25) is 12.1 Å². The number of alkyl carbamates (subject to hydrolysis) is 1. The number of nitrogens with one attached hydrogen (secondary N) is 2. The van der Waals surface area contributed by atoms with Crippen LogP contribution in [0, 0.1) is 0 Å². The number of hydrazine groups is 1. The second kappa shape index (κ2) is 11.1. The zero-order valence-electron chi connectivity index (χ0n) is 19.8. The smallest absolute Gasteiger partial charge is 0.408 e. The van der Waals surface area contributed by atoms with Crippen molar-refractivity contribution in [2.75, 3.05) is 0 Å². The van der Waals surface area contributed by atoms with Gasteiger partial charge in [0, 0.05) is 11.1 Å². The molecule has 8 nitrogen and oxygen atoms in total. The Kier molecular flexibility index (Phi) is 7.32. The summed E-state index contributed by atoms with van der Waals surface area (Å²) in [4.78, 5) is 38.3. The molecule has 1 fully saturated rings. The Labute approximate surface area is 217 Å². The number of benzene rings is 3. The number of ether oxygens (including phenoxy) is 2. The maximum absolute atomic E-state index is 13.3. The lowest BCUT2D eigenvalue weighted by Crippen LogP contribution is -2.65. The second-order valence-electron chi connectivity index (χ2n) is 8.55. The lowest BCUT2D eigenvalue weighted by molar-refractivity contribution is -0.173. The summed E-state index contributed by atoms with van der Waals surface area (Å²) in [5.74, 6) is -0.231. The molecule has 0 bridgehead atoms. The molecule has 188 valence electrons. The quantitative estimate of drug-likeness (QED) is 0.322. The van der Waals surface area contributed by atoms with Gasteiger partial charge in [-0.1, -0.05) is 66.7 Å². The molecule has 3 amide bonds. The lowest BCUT2D eigenvalue weighted by atomic mass is 10.0. The zero-order valence-corrected chi connectivity index (χ0v) is 20.6. The first-order chi connectivity index (χ1) is 18.1. The van der Waals surface area contributed by atoms with Crippen molar-refractivity contribution in [2.45, 2.75) is 31.7 Å². The average Bonchev–Trinajstić information content (AvgIpc) is 3.34. The van der Waals surface area contributed by atoms with E-state index in [1.807, 2.05) is 78.2 Å². The second-order valence-corrected chi connectivity index (χ2v) is 9.46. The van der Waals surface area contributed by atoms with Crippen LogP contribution in [0.4, 0.5) is 4.79 Å². The van der Waals surface area contributed by atoms with Crippen LogP contribution in [0.3, 0.4) is 0 Å². The molecule has 37 heavy (non-hydrogen) atoms. The van der Waals surface area contributed by atoms with Crippen LogP contribution in [0.2, 0.25) is 0 Å². The van der Waals surface area contributed by atoms with Crippen LogP contribution < -0.4 is 15.5 Å². The highest BCUT2D eigenvalue weighted by molar-refractivity contribution is 7.17. The molecule has 3 aromatic carbocycles. The maximum atomic E-state index is 13.3. The molecule has 1 aliphatic rings. The van der Waals surface area contributed by atoms with E-state index in [1.54, 1.807) is 23.5 Å². The monoisotopic (exact) mass is 515 g/mol. The number of thiophene rings is 1. The van der Waals surface area contributed by atoms with Gasteiger partial charge in [-0.2, -0.15) is 0 Å². The Bertz CT molecular complexity index is 1390. The van der Waals surface area contributed by atoms with Crippen LogP contribution >= 0.6 is 11.3 Å². The number of carbonyl (C=O) groups excluding carboxylic acids is 3. The number of para-hydroxylation sites is 1. The molecule has 4 aromatic rings. The summed E-state index contributed by atoms with van der Waals surface area (Å²) in [5, 5.41) is 6.81. The third-order valence-electron chi connectivity index (χ3n) is 5.96. The molecule has 0 radical (unpaired) electrons. The van der Waals surface area contributed by atoms with Crippen LogP contribution in [0.25, 0.3) is 10.1 Å². The largest absolute Gasteiger partial charge is 0.468 e. The molecule has 0 saturated carbocycles. The molecule has 1 aliphatic heterocycles. The van der Waals surface area contributed by atoms with E-state index in [4.69, 9.17) is 9.47 Å². The predicted octanol–water partition coefficient (Wildman–Crippen LogP) is 4.41. The van der Waals surface area contributed by atoms with Crippen molar-refractivity contribution in [1.29, 1.82) is 0 Å². The van der Waals surface area contributed by atoms with Crippen molar-refractivity contribution < 1.29 is 23.9 Å². The molecule has 9 heteroatoms. The summed E-state index contributed by atoms with van der Waals surface area (Å²) in [6.45, 7) is 0.0694. The van der Waals surface area contributed by atoms with E-state index in [2.05, 4.69) is 10.7 Å². The number of rotatable bonds is 9. The molecule has 2 heterocycles. The number of hydrogen-bond acceptors (Lipinski definition) is 6. The lowest BCUT2D eigenvalue weighted by Gasteiger charge is -2.40. The average molecular weight is 516 g/mol. The fraction of sp³-hybridized carbons (Fsp3) is 0.179. The van der Waals surface area contributed by atoms with Gasteiger partial charge in [-0.3, -0.25) is 15.0 Å². The van der Waals surface area contributed by atoms with E-state index in [0.717, 1.165) is 26.2 Å². The molecule has 5 rings (SSSR count). The van der Waals surface area contributed by atoms with Gasteiger partial charge < -0.3 is 14.8 Å². The summed E-state index contributed by atoms with van der Waals surface area (Å²) < 4.78 is 12.3. The summed E-state index contributed by atoms with van der Waals surface area (Å²) in [5.41, 5.74) is 4.37. The Balaban J connectivity index is 1.28. The molecule has 1 saturated heterocycles. The maximum Gasteiger partial charge on any atom is 0.408 e. The predicted molar refractivity (Wildman–Crippen MR) is 140 cm³/mol. The highest BCUT2D eigenvalue weighted by Gasteiger charge is 2.40. The molecule has 0 spiro atoms. The highest BCUT2D eigenvalue weighted by Crippen LogP contribution is 2.27. The number of carbonyl (C=O) groups is 3. The molecule has 2 atom stereocenters. The normalized spacial score (nSPS) is 15.5. The van der Waals surface area contributed by atoms with Gasteiger partial charge in [0.15, 0.2) is 0 Å². The van der Waals surface area contributed by atoms with Crippen LogP contribution in [-0.4, -0.2) is 35.2 Å². The van der Waals surface area contributed by atoms with Crippen molar-refractivity contribution in [3.8, 4) is 5.75 Å². The Hall–Kier alpha value is -4.37. The summed E-state index contributed by atoms with van der Waals surface area (Å²) in [6.07, 6.45) is -0.994. The first-order valence-electron chi connectivity index (χ1n) is 11.8. The molecule has 2 N–H and O–H groups in total. The number of β-lactam (4-membered cyclic amide) rings is 1. The first kappa shape index (κ1) is 24.3. The minimum atomic E-state index is -0.980. The van der Waals surface area contributed by atoms with Gasteiger partial charge in [-0.15, -0.1) is 11.3 Å². The van der Waals surface area contributed by atoms with Gasteiger partial charge in [0.1, 0.15) is 18.4 Å². The van der Waals surface area contributed by atoms with Crippen LogP contribution in [-0.2, 0) is 27.4 Å². The number of nitrogens with zero attached hydrogens (tertiary/aromatic N) is 1. The molecule has 1 aromatic heterocycles. The van der Waals surface area contributed by atoms with Gasteiger partial charge in [0.05, 0.1) is 6.42 Å². The number of hydrogen-bond donors (Lipinski definition) is 2. The fourth-order valence-electron chi connectivity index (χ4n) is 4.00. The van der Waals surface area contributed by atoms with E-state index in [9.17, 15) is 14.4 Å². The topological polar surface area (TPSA) is 97.0 Å². The van der Waals surface area contributed by atoms with E-state index < -0.39 is 24.3 Å². The van der Waals surface area contributed by atoms with Crippen molar-refractivity contribution in [3.63, 3.8) is 0 Å². The SMILES string of the molecule is O=C(N[C@@H](Cc1csc2ccccc12)C(=O)NN1C(=O)CC1Oc1ccccc1)OCc1ccccc1. The molecular weight excluding hydrogens is 490 g/mol. The third-order valence-corrected chi connectivity index (χ3v) is 6.97. The summed E-state index contributed by atoms with van der Waals surface area (Å²) in [7, 11) is 0. The van der Waals surface area contributed by atoms with Crippen molar-refractivity contribution in [3.05, 3.63) is 101 Å².